The lowest BCUT2D eigenvalue weighted by molar-refractivity contribution is 0.00955. The van der Waals surface area contributed by atoms with Crippen LogP contribution < -0.4 is 11.3 Å². The van der Waals surface area contributed by atoms with Gasteiger partial charge in [-0.15, -0.1) is 0 Å². The van der Waals surface area contributed by atoms with Gasteiger partial charge < -0.3 is 4.74 Å². The Balaban J connectivity index is 2.36. The van der Waals surface area contributed by atoms with E-state index in [1.54, 1.807) is 7.11 Å². The predicted molar refractivity (Wildman–Crippen MR) is 68.0 cm³/mol. The van der Waals surface area contributed by atoms with Gasteiger partial charge in [0.2, 0.25) is 0 Å². The van der Waals surface area contributed by atoms with Crippen LogP contribution in [0.2, 0.25) is 0 Å². The minimum Gasteiger partial charge on any atom is -0.379 e. The first-order chi connectivity index (χ1) is 7.59. The van der Waals surface area contributed by atoms with Gasteiger partial charge in [0, 0.05) is 13.2 Å². The monoisotopic (exact) mass is 228 g/mol. The molecule has 96 valence electrons. The fraction of sp³-hybridized carbons (Fsp3) is 1.00. The molecule has 0 heterocycles. The highest BCUT2D eigenvalue weighted by Crippen LogP contribution is 2.29. The number of hydrogen-bond donors (Lipinski definition) is 2. The molecule has 1 atom stereocenters. The Morgan fingerprint density at radius 1 is 1.31 bits per heavy atom. The number of methoxy groups -OCH3 is 1. The number of ether oxygens (including phenoxy) is 1. The van der Waals surface area contributed by atoms with Gasteiger partial charge in [0.1, 0.15) is 0 Å². The van der Waals surface area contributed by atoms with Crippen LogP contribution in [0.5, 0.6) is 0 Å². The molecule has 0 bridgehead atoms. The van der Waals surface area contributed by atoms with Crippen LogP contribution in [0.1, 0.15) is 58.8 Å². The van der Waals surface area contributed by atoms with Crippen molar-refractivity contribution in [2.75, 3.05) is 7.11 Å². The van der Waals surface area contributed by atoms with Gasteiger partial charge in [0.05, 0.1) is 5.60 Å². The van der Waals surface area contributed by atoms with Crippen LogP contribution in [0.15, 0.2) is 0 Å². The standard InChI is InChI=1S/C13H28N2O/c1-13(2,16-3)10-9-12(15-14)11-7-5-4-6-8-11/h11-12,15H,4-10,14H2,1-3H3. The second-order valence-corrected chi connectivity index (χ2v) is 5.67. The van der Waals surface area contributed by atoms with Crippen molar-refractivity contribution < 1.29 is 4.74 Å². The van der Waals surface area contributed by atoms with E-state index in [1.807, 2.05) is 0 Å². The first kappa shape index (κ1) is 13.9. The van der Waals surface area contributed by atoms with Gasteiger partial charge >= 0.3 is 0 Å². The molecular formula is C13H28N2O. The van der Waals surface area contributed by atoms with Crippen LogP contribution >= 0.6 is 0 Å². The zero-order valence-corrected chi connectivity index (χ0v) is 11.1. The molecule has 0 aromatic rings. The van der Waals surface area contributed by atoms with Crippen molar-refractivity contribution in [1.82, 2.24) is 5.43 Å². The first-order valence-electron chi connectivity index (χ1n) is 6.60. The quantitative estimate of drug-likeness (QED) is 0.542. The Kier molecular flexibility index (Phi) is 5.73. The zero-order chi connectivity index (χ0) is 12.0. The summed E-state index contributed by atoms with van der Waals surface area (Å²) in [4.78, 5) is 0. The SMILES string of the molecule is COC(C)(C)CCC(NN)C1CCCCC1. The van der Waals surface area contributed by atoms with Crippen molar-refractivity contribution >= 4 is 0 Å². The highest BCUT2D eigenvalue weighted by Gasteiger charge is 2.25. The molecule has 16 heavy (non-hydrogen) atoms. The van der Waals surface area contributed by atoms with Crippen molar-refractivity contribution in [1.29, 1.82) is 0 Å². The number of rotatable bonds is 6. The maximum absolute atomic E-state index is 5.68. The van der Waals surface area contributed by atoms with E-state index in [1.165, 1.54) is 32.1 Å². The molecule has 0 saturated heterocycles. The lowest BCUT2D eigenvalue weighted by atomic mass is 9.81. The molecule has 3 nitrogen and oxygen atoms in total. The fourth-order valence-corrected chi connectivity index (χ4v) is 2.60. The maximum atomic E-state index is 5.68. The van der Waals surface area contributed by atoms with Crippen LogP contribution in [0.4, 0.5) is 0 Å². The Morgan fingerprint density at radius 2 is 1.94 bits per heavy atom. The molecule has 3 N–H and O–H groups in total. The summed E-state index contributed by atoms with van der Waals surface area (Å²) in [5, 5.41) is 0. The van der Waals surface area contributed by atoms with E-state index in [-0.39, 0.29) is 5.60 Å². The van der Waals surface area contributed by atoms with Gasteiger partial charge in [-0.1, -0.05) is 19.3 Å². The number of hydrogen-bond acceptors (Lipinski definition) is 3. The Labute approximate surface area is 100 Å². The normalized spacial score (nSPS) is 21.0. The van der Waals surface area contributed by atoms with Crippen molar-refractivity contribution in [3.63, 3.8) is 0 Å². The van der Waals surface area contributed by atoms with E-state index in [0.717, 1.165) is 18.8 Å². The smallest absolute Gasteiger partial charge is 0.0623 e. The first-order valence-corrected chi connectivity index (χ1v) is 6.60. The minimum atomic E-state index is -0.0240. The third kappa shape index (κ3) is 4.40. The van der Waals surface area contributed by atoms with Crippen LogP contribution in [-0.2, 0) is 4.74 Å². The van der Waals surface area contributed by atoms with Crippen molar-refractivity contribution in [2.24, 2.45) is 11.8 Å². The lowest BCUT2D eigenvalue weighted by Gasteiger charge is -2.32. The second kappa shape index (κ2) is 6.58. The molecule has 1 saturated carbocycles. The highest BCUT2D eigenvalue weighted by atomic mass is 16.5. The van der Waals surface area contributed by atoms with Crippen LogP contribution in [0.3, 0.4) is 0 Å². The average Bonchev–Trinajstić information content (AvgIpc) is 2.31. The summed E-state index contributed by atoms with van der Waals surface area (Å²) < 4.78 is 5.45. The molecule has 0 aromatic carbocycles. The fourth-order valence-electron chi connectivity index (χ4n) is 2.60. The van der Waals surface area contributed by atoms with E-state index in [2.05, 4.69) is 19.3 Å². The van der Waals surface area contributed by atoms with E-state index >= 15 is 0 Å². The Morgan fingerprint density at radius 3 is 2.44 bits per heavy atom. The molecular weight excluding hydrogens is 200 g/mol. The van der Waals surface area contributed by atoms with E-state index < -0.39 is 0 Å². The molecule has 1 fully saturated rings. The van der Waals surface area contributed by atoms with Crippen molar-refractivity contribution in [3.05, 3.63) is 0 Å². The minimum absolute atomic E-state index is 0.0240. The molecule has 1 aliphatic rings. The molecule has 0 amide bonds. The number of nitrogens with one attached hydrogen (secondary N) is 1. The summed E-state index contributed by atoms with van der Waals surface area (Å²) in [5.41, 5.74) is 2.99. The van der Waals surface area contributed by atoms with Gasteiger partial charge in [-0.3, -0.25) is 11.3 Å². The van der Waals surface area contributed by atoms with Gasteiger partial charge in [-0.25, -0.2) is 0 Å². The summed E-state index contributed by atoms with van der Waals surface area (Å²) in [5.74, 6) is 6.45. The molecule has 3 heteroatoms. The third-order valence-corrected chi connectivity index (χ3v) is 4.04. The van der Waals surface area contributed by atoms with Crippen molar-refractivity contribution in [2.45, 2.75) is 70.4 Å². The number of nitrogens with two attached hydrogens (primary N) is 1. The van der Waals surface area contributed by atoms with Crippen LogP contribution in [0, 0.1) is 5.92 Å². The molecule has 0 aromatic heterocycles. The molecule has 1 rings (SSSR count). The highest BCUT2D eigenvalue weighted by molar-refractivity contribution is 4.80. The predicted octanol–water partition coefficient (Wildman–Crippen LogP) is 2.60. The summed E-state index contributed by atoms with van der Waals surface area (Å²) >= 11 is 0. The van der Waals surface area contributed by atoms with Gasteiger partial charge in [-0.2, -0.15) is 0 Å². The van der Waals surface area contributed by atoms with Crippen LogP contribution in [-0.4, -0.2) is 18.8 Å². The Bertz CT molecular complexity index is 188. The zero-order valence-electron chi connectivity index (χ0n) is 11.1. The summed E-state index contributed by atoms with van der Waals surface area (Å²) in [6, 6.07) is 0.467. The number of hydrazine groups is 1. The summed E-state index contributed by atoms with van der Waals surface area (Å²) in [7, 11) is 1.78. The third-order valence-electron chi connectivity index (χ3n) is 4.04. The van der Waals surface area contributed by atoms with E-state index in [9.17, 15) is 0 Å². The topological polar surface area (TPSA) is 47.3 Å². The maximum Gasteiger partial charge on any atom is 0.0623 e. The molecule has 0 aliphatic heterocycles. The van der Waals surface area contributed by atoms with Crippen LogP contribution in [0.25, 0.3) is 0 Å². The molecule has 0 radical (unpaired) electrons. The molecule has 1 aliphatic carbocycles. The van der Waals surface area contributed by atoms with Crippen molar-refractivity contribution in [3.8, 4) is 0 Å². The van der Waals surface area contributed by atoms with E-state index in [0.29, 0.717) is 6.04 Å². The van der Waals surface area contributed by atoms with Gasteiger partial charge in [0.25, 0.3) is 0 Å². The Hall–Kier alpha value is -0.120. The summed E-state index contributed by atoms with van der Waals surface area (Å²) in [6.45, 7) is 4.28. The van der Waals surface area contributed by atoms with Gasteiger partial charge in [-0.05, 0) is 45.4 Å². The largest absolute Gasteiger partial charge is 0.379 e. The second-order valence-electron chi connectivity index (χ2n) is 5.67. The average molecular weight is 228 g/mol. The lowest BCUT2D eigenvalue weighted by Crippen LogP contribution is -2.42. The van der Waals surface area contributed by atoms with E-state index in [4.69, 9.17) is 10.6 Å². The van der Waals surface area contributed by atoms with Gasteiger partial charge in [0.15, 0.2) is 0 Å². The summed E-state index contributed by atoms with van der Waals surface area (Å²) in [6.07, 6.45) is 8.99. The molecule has 1 unspecified atom stereocenters. The molecule has 0 spiro atoms.